The molecule has 10 amide bonds. The predicted molar refractivity (Wildman–Crippen MR) is 314 cm³/mol. The number of unbranched alkanes of at least 4 members (excludes halogenated alkanes) is 3. The Bertz CT molecular complexity index is 2880. The molecule has 3 aromatic rings. The number of amides is 10. The number of carbonyl (C=O) groups excluding carboxylic acids is 9. The Labute approximate surface area is 500 Å². The van der Waals surface area contributed by atoms with Gasteiger partial charge in [-0.1, -0.05) is 77.8 Å². The van der Waals surface area contributed by atoms with Crippen molar-refractivity contribution in [3.05, 3.63) is 95.8 Å². The average Bonchev–Trinajstić information content (AvgIpc) is 1.86. The van der Waals surface area contributed by atoms with Crippen LogP contribution in [0.3, 0.4) is 0 Å². The minimum atomic E-state index is -1.40. The van der Waals surface area contributed by atoms with Gasteiger partial charge in [-0.05, 0) is 105 Å². The minimum Gasteiger partial charge on any atom is -0.480 e. The average molecular weight is 1200 g/mol. The highest BCUT2D eigenvalue weighted by Crippen LogP contribution is 2.41. The van der Waals surface area contributed by atoms with Gasteiger partial charge in [0.05, 0.1) is 18.0 Å². The molecule has 2 aromatic carbocycles. The van der Waals surface area contributed by atoms with Crippen LogP contribution in [0, 0.1) is 28.9 Å². The number of hydrogen-bond acceptors (Lipinski definition) is 12. The number of aliphatic hydroxyl groups excluding tert-OH is 1. The van der Waals surface area contributed by atoms with E-state index in [0.29, 0.717) is 62.7 Å². The summed E-state index contributed by atoms with van der Waals surface area (Å²) >= 11 is 0. The standard InChI is InChI=1S/C61H85F2N11O12/c1-37(2)53(71-49(76)22-10-7-13-30-73-50(77)25-26-51(73)78)58(83)69-46(21-15-29-67-60(65)86)57(82)70-47(59(84)85)19-11-12-28-66-55(80)41-18-14-20-45(41)68-56(81)44(64)27-31-74(52(79)36-75)54(61(3,4)5)48-32-39(42-33-40(62)23-24-43(42)63)35-72(48)34-38-16-8-6-9-17-38/h6,8-9,16-17,23-26,32-33,35,37,41,44-47,53-54,75H,7,10-15,18-22,27-31,34,36,64H2,1-5H3,(H,66,80)(H,68,81)(H,69,83)(H,70,82)(H,71,76)(H,84,85)(H3,65,67,86)/t41-,44+,45+,46+,47+,53?,54+/m1/s1. The van der Waals surface area contributed by atoms with Gasteiger partial charge in [0.1, 0.15) is 36.4 Å². The van der Waals surface area contributed by atoms with Crippen LogP contribution in [0.25, 0.3) is 11.1 Å². The highest BCUT2D eigenvalue weighted by molar-refractivity contribution is 6.12. The van der Waals surface area contributed by atoms with Gasteiger partial charge in [-0.25, -0.2) is 18.4 Å². The quantitative estimate of drug-likeness (QED) is 0.0301. The molecule has 470 valence electrons. The maximum absolute atomic E-state index is 15.2. The van der Waals surface area contributed by atoms with Gasteiger partial charge >= 0.3 is 12.0 Å². The van der Waals surface area contributed by atoms with Crippen molar-refractivity contribution in [2.45, 2.75) is 161 Å². The van der Waals surface area contributed by atoms with Crippen molar-refractivity contribution in [2.75, 3.05) is 32.8 Å². The molecule has 25 heteroatoms. The predicted octanol–water partition coefficient (Wildman–Crippen LogP) is 3.81. The second-order valence-corrected chi connectivity index (χ2v) is 23.4. The molecule has 12 N–H and O–H groups in total. The summed E-state index contributed by atoms with van der Waals surface area (Å²) in [6.45, 7) is 8.85. The summed E-state index contributed by atoms with van der Waals surface area (Å²) in [5.74, 6) is -7.96. The number of aromatic nitrogens is 1. The number of nitrogens with one attached hydrogen (secondary N) is 6. The number of nitrogens with two attached hydrogens (primary N) is 2. The van der Waals surface area contributed by atoms with Crippen molar-refractivity contribution in [1.29, 1.82) is 0 Å². The summed E-state index contributed by atoms with van der Waals surface area (Å²) in [6.07, 6.45) is 7.67. The number of urea groups is 1. The summed E-state index contributed by atoms with van der Waals surface area (Å²) in [5, 5.41) is 36.5. The lowest BCUT2D eigenvalue weighted by molar-refractivity contribution is -0.142. The number of benzene rings is 2. The number of carboxylic acids is 1. The van der Waals surface area contributed by atoms with E-state index in [1.807, 2.05) is 55.7 Å². The number of aliphatic carboxylic acids is 1. The first-order valence-corrected chi connectivity index (χ1v) is 29.4. The largest absolute Gasteiger partial charge is 0.480 e. The van der Waals surface area contributed by atoms with E-state index in [1.54, 1.807) is 26.1 Å². The van der Waals surface area contributed by atoms with E-state index < -0.39 is 125 Å². The minimum absolute atomic E-state index is 0.0233. The summed E-state index contributed by atoms with van der Waals surface area (Å²) in [7, 11) is 0. The molecule has 2 heterocycles. The van der Waals surface area contributed by atoms with Crippen LogP contribution in [0.1, 0.15) is 135 Å². The molecular formula is C61H85F2N11O12. The van der Waals surface area contributed by atoms with Crippen molar-refractivity contribution in [3.63, 3.8) is 0 Å². The number of nitrogens with zero attached hydrogens (tertiary/aromatic N) is 3. The van der Waals surface area contributed by atoms with Crippen LogP contribution in [0.5, 0.6) is 0 Å². The van der Waals surface area contributed by atoms with Gasteiger partial charge in [0, 0.05) is 80.4 Å². The number of hydrogen-bond donors (Lipinski definition) is 10. The van der Waals surface area contributed by atoms with Crippen LogP contribution in [0.15, 0.2) is 72.9 Å². The van der Waals surface area contributed by atoms with Crippen LogP contribution in [0.4, 0.5) is 13.6 Å². The summed E-state index contributed by atoms with van der Waals surface area (Å²) in [5.41, 5.74) is 12.8. The first-order chi connectivity index (χ1) is 40.8. The molecule has 1 aromatic heterocycles. The Morgan fingerprint density at radius 3 is 2.10 bits per heavy atom. The summed E-state index contributed by atoms with van der Waals surface area (Å²) < 4.78 is 31.6. The van der Waals surface area contributed by atoms with E-state index in [4.69, 9.17) is 11.5 Å². The molecule has 1 unspecified atom stereocenters. The molecule has 2 aliphatic rings. The zero-order valence-corrected chi connectivity index (χ0v) is 49.7. The second kappa shape index (κ2) is 33.0. The molecule has 1 aliphatic heterocycles. The van der Waals surface area contributed by atoms with Crippen molar-refractivity contribution >= 4 is 59.3 Å². The van der Waals surface area contributed by atoms with Crippen LogP contribution in [-0.4, -0.2) is 147 Å². The Hall–Kier alpha value is -8.06. The lowest BCUT2D eigenvalue weighted by atomic mass is 9.82. The number of carboxylic acid groups (broad SMARTS) is 1. The number of aliphatic hydroxyl groups is 1. The highest BCUT2D eigenvalue weighted by atomic mass is 19.1. The number of carbonyl (C=O) groups is 10. The molecule has 7 atom stereocenters. The van der Waals surface area contributed by atoms with Crippen molar-refractivity contribution < 1.29 is 66.9 Å². The Balaban J connectivity index is 1.13. The normalized spacial score (nSPS) is 16.7. The highest BCUT2D eigenvalue weighted by Gasteiger charge is 2.39. The number of imide groups is 1. The van der Waals surface area contributed by atoms with Crippen LogP contribution < -0.4 is 43.4 Å². The molecule has 86 heavy (non-hydrogen) atoms. The maximum atomic E-state index is 15.2. The molecule has 5 rings (SSSR count). The fourth-order valence-corrected chi connectivity index (χ4v) is 10.8. The zero-order chi connectivity index (χ0) is 63.3. The molecule has 1 fully saturated rings. The molecule has 0 bridgehead atoms. The summed E-state index contributed by atoms with van der Waals surface area (Å²) in [4.78, 5) is 131. The molecule has 0 saturated heterocycles. The smallest absolute Gasteiger partial charge is 0.326 e. The van der Waals surface area contributed by atoms with Gasteiger partial charge in [0.15, 0.2) is 0 Å². The molecule has 23 nitrogen and oxygen atoms in total. The van der Waals surface area contributed by atoms with Gasteiger partial charge in [-0.15, -0.1) is 0 Å². The summed E-state index contributed by atoms with van der Waals surface area (Å²) in [6, 6.07) is 7.25. The number of primary amides is 1. The fourth-order valence-electron chi connectivity index (χ4n) is 10.8. The molecule has 0 spiro atoms. The topological polar surface area (TPSA) is 347 Å². The molecule has 1 saturated carbocycles. The lowest BCUT2D eigenvalue weighted by Gasteiger charge is -2.41. The van der Waals surface area contributed by atoms with Crippen molar-refractivity contribution in [2.24, 2.45) is 28.7 Å². The van der Waals surface area contributed by atoms with Gasteiger partial charge in [0.2, 0.25) is 35.4 Å². The first kappa shape index (κ1) is 68.7. The Morgan fingerprint density at radius 1 is 0.779 bits per heavy atom. The van der Waals surface area contributed by atoms with Crippen LogP contribution in [0.2, 0.25) is 0 Å². The number of halogens is 2. The maximum Gasteiger partial charge on any atom is 0.326 e. The van der Waals surface area contributed by atoms with Gasteiger partial charge in [0.25, 0.3) is 11.8 Å². The number of rotatable bonds is 34. The Kier molecular flexibility index (Phi) is 26.4. The van der Waals surface area contributed by atoms with Crippen LogP contribution >= 0.6 is 0 Å². The Morgan fingerprint density at radius 2 is 1.45 bits per heavy atom. The van der Waals surface area contributed by atoms with Gasteiger partial charge in [-0.2, -0.15) is 0 Å². The molecular weight excluding hydrogens is 1120 g/mol. The van der Waals surface area contributed by atoms with E-state index in [9.17, 15) is 62.5 Å². The monoisotopic (exact) mass is 1200 g/mol. The van der Waals surface area contributed by atoms with E-state index in [-0.39, 0.29) is 76.2 Å². The third-order valence-corrected chi connectivity index (χ3v) is 15.3. The second-order valence-electron chi connectivity index (χ2n) is 23.4. The SMILES string of the molecule is CC(C)C(NC(=O)CCCCCN1C(=O)C=CC1=O)C(=O)N[C@@H](CCCNC(N)=O)C(=O)N[C@@H](CCCCNC(=O)[C@@H]1CCC[C@@H]1NC(=O)[C@@H](N)CCN(C(=O)CO)[C@@H](c1cc(-c2cc(F)ccc2F)cn1Cc1ccccc1)C(C)(C)C)C(=O)O. The van der Waals surface area contributed by atoms with Gasteiger partial charge < -0.3 is 63.0 Å². The first-order valence-electron chi connectivity index (χ1n) is 29.4. The van der Waals surface area contributed by atoms with E-state index in [1.165, 1.54) is 17.1 Å². The van der Waals surface area contributed by atoms with Crippen molar-refractivity contribution in [3.8, 4) is 11.1 Å². The van der Waals surface area contributed by atoms with E-state index >= 15 is 4.39 Å². The van der Waals surface area contributed by atoms with Crippen LogP contribution in [-0.2, 0) is 49.7 Å². The third-order valence-electron chi connectivity index (χ3n) is 15.3. The van der Waals surface area contributed by atoms with E-state index in [2.05, 4.69) is 31.9 Å². The van der Waals surface area contributed by atoms with Crippen molar-refractivity contribution in [1.82, 2.24) is 46.3 Å². The molecule has 1 aliphatic carbocycles. The zero-order valence-electron chi connectivity index (χ0n) is 49.7. The molecule has 0 radical (unpaired) electrons. The fraction of sp³-hybridized carbons (Fsp3) is 0.541. The lowest BCUT2D eigenvalue weighted by Crippen LogP contribution is -2.57. The van der Waals surface area contributed by atoms with Gasteiger partial charge in [-0.3, -0.25) is 43.3 Å². The van der Waals surface area contributed by atoms with E-state index in [0.717, 1.165) is 28.7 Å². The third kappa shape index (κ3) is 20.6.